The lowest BCUT2D eigenvalue weighted by Crippen LogP contribution is -2.24. The van der Waals surface area contributed by atoms with E-state index in [4.69, 9.17) is 14.7 Å². The second-order valence-electron chi connectivity index (χ2n) is 6.33. The van der Waals surface area contributed by atoms with E-state index in [0.29, 0.717) is 18.9 Å². The Kier molecular flexibility index (Phi) is 4.09. The largest absolute Gasteiger partial charge is 0.486 e. The van der Waals surface area contributed by atoms with Crippen molar-refractivity contribution in [3.63, 3.8) is 0 Å². The Bertz CT molecular complexity index is 906. The van der Waals surface area contributed by atoms with E-state index in [1.807, 2.05) is 29.2 Å². The predicted octanol–water partition coefficient (Wildman–Crippen LogP) is 3.58. The third kappa shape index (κ3) is 2.80. The monoisotopic (exact) mass is 351 g/mol. The van der Waals surface area contributed by atoms with Gasteiger partial charge in [0.25, 0.3) is 5.69 Å². The highest BCUT2D eigenvalue weighted by molar-refractivity contribution is 5.67. The number of nitriles is 1. The van der Waals surface area contributed by atoms with Gasteiger partial charge < -0.3 is 14.4 Å². The maximum Gasteiger partial charge on any atom is 0.293 e. The van der Waals surface area contributed by atoms with Gasteiger partial charge in [-0.1, -0.05) is 6.07 Å². The van der Waals surface area contributed by atoms with Crippen LogP contribution in [0.15, 0.2) is 36.4 Å². The van der Waals surface area contributed by atoms with Crippen LogP contribution in [0.2, 0.25) is 0 Å². The Hall–Kier alpha value is -3.27. The third-order valence-electron chi connectivity index (χ3n) is 4.81. The molecule has 0 radical (unpaired) electrons. The molecular weight excluding hydrogens is 334 g/mol. The molecule has 2 aromatic rings. The Morgan fingerprint density at radius 2 is 1.96 bits per heavy atom. The molecular formula is C19H17N3O4. The molecule has 0 aliphatic carbocycles. The smallest absolute Gasteiger partial charge is 0.293 e. The van der Waals surface area contributed by atoms with Gasteiger partial charge in [-0.3, -0.25) is 10.1 Å². The topological polar surface area (TPSA) is 88.6 Å². The van der Waals surface area contributed by atoms with Crippen LogP contribution in [-0.2, 0) is 0 Å². The number of nitrogens with zero attached hydrogens (tertiary/aromatic N) is 3. The molecule has 2 heterocycles. The third-order valence-corrected chi connectivity index (χ3v) is 4.81. The summed E-state index contributed by atoms with van der Waals surface area (Å²) in [6, 6.07) is 12.5. The van der Waals surface area contributed by atoms with Crippen LogP contribution in [0.1, 0.15) is 30.0 Å². The van der Waals surface area contributed by atoms with Crippen LogP contribution in [0.4, 0.5) is 11.4 Å². The summed E-state index contributed by atoms with van der Waals surface area (Å²) in [5, 5.41) is 20.5. The van der Waals surface area contributed by atoms with Crippen molar-refractivity contribution in [2.75, 3.05) is 24.7 Å². The Labute approximate surface area is 150 Å². The molecule has 2 aliphatic heterocycles. The van der Waals surface area contributed by atoms with E-state index >= 15 is 0 Å². The average molecular weight is 351 g/mol. The van der Waals surface area contributed by atoms with Crippen LogP contribution in [0.3, 0.4) is 0 Å². The first-order valence-corrected chi connectivity index (χ1v) is 8.52. The normalized spacial score (nSPS) is 18.4. The van der Waals surface area contributed by atoms with E-state index in [-0.39, 0.29) is 17.3 Å². The van der Waals surface area contributed by atoms with Crippen LogP contribution in [0, 0.1) is 21.4 Å². The second-order valence-corrected chi connectivity index (χ2v) is 6.33. The van der Waals surface area contributed by atoms with Crippen molar-refractivity contribution in [2.24, 2.45) is 0 Å². The summed E-state index contributed by atoms with van der Waals surface area (Å²) in [5.41, 5.74) is 1.85. The molecule has 26 heavy (non-hydrogen) atoms. The molecule has 0 amide bonds. The maximum atomic E-state index is 11.5. The molecule has 0 aromatic heterocycles. The van der Waals surface area contributed by atoms with Gasteiger partial charge in [-0.15, -0.1) is 0 Å². The summed E-state index contributed by atoms with van der Waals surface area (Å²) >= 11 is 0. The number of ether oxygens (including phenoxy) is 2. The fourth-order valence-corrected chi connectivity index (χ4v) is 3.65. The summed E-state index contributed by atoms with van der Waals surface area (Å²) in [4.78, 5) is 13.1. The van der Waals surface area contributed by atoms with Gasteiger partial charge in [-0.05, 0) is 42.7 Å². The molecule has 1 saturated heterocycles. The fourth-order valence-electron chi connectivity index (χ4n) is 3.65. The molecule has 4 rings (SSSR count). The Morgan fingerprint density at radius 3 is 2.73 bits per heavy atom. The Balaban J connectivity index is 1.72. The van der Waals surface area contributed by atoms with E-state index in [9.17, 15) is 10.1 Å². The zero-order chi connectivity index (χ0) is 18.1. The van der Waals surface area contributed by atoms with E-state index in [1.54, 1.807) is 12.1 Å². The van der Waals surface area contributed by atoms with Crippen molar-refractivity contribution in [1.82, 2.24) is 0 Å². The minimum atomic E-state index is -0.421. The van der Waals surface area contributed by atoms with Crippen molar-refractivity contribution in [3.8, 4) is 17.6 Å². The van der Waals surface area contributed by atoms with Gasteiger partial charge in [0.05, 0.1) is 22.6 Å². The van der Waals surface area contributed by atoms with Crippen LogP contribution in [0.25, 0.3) is 0 Å². The zero-order valence-corrected chi connectivity index (χ0v) is 14.1. The first-order chi connectivity index (χ1) is 12.7. The van der Waals surface area contributed by atoms with E-state index in [0.717, 1.165) is 36.4 Å². The number of hydrogen-bond donors (Lipinski definition) is 0. The van der Waals surface area contributed by atoms with Gasteiger partial charge in [0, 0.05) is 12.6 Å². The molecule has 0 bridgehead atoms. The van der Waals surface area contributed by atoms with Gasteiger partial charge in [-0.25, -0.2) is 0 Å². The molecule has 1 fully saturated rings. The van der Waals surface area contributed by atoms with Crippen LogP contribution in [0.5, 0.6) is 11.5 Å². The number of anilines is 1. The first-order valence-electron chi connectivity index (χ1n) is 8.52. The molecule has 0 N–H and O–H groups in total. The van der Waals surface area contributed by atoms with Gasteiger partial charge in [-0.2, -0.15) is 5.26 Å². The highest BCUT2D eigenvalue weighted by Gasteiger charge is 2.31. The lowest BCUT2D eigenvalue weighted by atomic mass is 10.0. The summed E-state index contributed by atoms with van der Waals surface area (Å²) in [5.74, 6) is 1.45. The van der Waals surface area contributed by atoms with Crippen LogP contribution >= 0.6 is 0 Å². The second kappa shape index (κ2) is 6.56. The summed E-state index contributed by atoms with van der Waals surface area (Å²) in [6.45, 7) is 1.79. The molecule has 2 aliphatic rings. The number of nitro benzene ring substituents is 1. The number of fused-ring (bicyclic) bond motifs is 1. The van der Waals surface area contributed by atoms with Gasteiger partial charge in [0.1, 0.15) is 18.9 Å². The lowest BCUT2D eigenvalue weighted by Gasteiger charge is -2.28. The number of hydrogen-bond acceptors (Lipinski definition) is 6. The number of nitro groups is 1. The van der Waals surface area contributed by atoms with Crippen molar-refractivity contribution < 1.29 is 14.4 Å². The molecule has 7 nitrogen and oxygen atoms in total. The standard InChI is InChI=1S/C19H17N3O4/c20-12-13-3-5-16(17(10-13)22(23)24)21-7-1-2-15(21)14-4-6-18-19(11-14)26-9-8-25-18/h3-6,10-11,15H,1-2,7-9H2/t15-/m0/s1. The van der Waals surface area contributed by atoms with Gasteiger partial charge in [0.15, 0.2) is 11.5 Å². The van der Waals surface area contributed by atoms with Gasteiger partial charge >= 0.3 is 0 Å². The molecule has 2 aromatic carbocycles. The van der Waals surface area contributed by atoms with Crippen LogP contribution in [-0.4, -0.2) is 24.7 Å². The molecule has 7 heteroatoms. The van der Waals surface area contributed by atoms with Crippen molar-refractivity contribution in [1.29, 1.82) is 5.26 Å². The molecule has 132 valence electrons. The predicted molar refractivity (Wildman–Crippen MR) is 94.6 cm³/mol. The molecule has 1 atom stereocenters. The van der Waals surface area contributed by atoms with E-state index in [2.05, 4.69) is 0 Å². The summed E-state index contributed by atoms with van der Waals surface area (Å²) in [7, 11) is 0. The van der Waals surface area contributed by atoms with Crippen LogP contribution < -0.4 is 14.4 Å². The summed E-state index contributed by atoms with van der Waals surface area (Å²) in [6.07, 6.45) is 1.84. The van der Waals surface area contributed by atoms with Crippen molar-refractivity contribution in [3.05, 3.63) is 57.6 Å². The van der Waals surface area contributed by atoms with E-state index in [1.165, 1.54) is 6.07 Å². The number of benzene rings is 2. The highest BCUT2D eigenvalue weighted by atomic mass is 16.6. The SMILES string of the molecule is N#Cc1ccc(N2CCC[C@H]2c2ccc3c(c2)OCCO3)c([N+](=O)[O-])c1. The maximum absolute atomic E-state index is 11.5. The average Bonchev–Trinajstić information content (AvgIpc) is 3.16. The zero-order valence-electron chi connectivity index (χ0n) is 14.1. The van der Waals surface area contributed by atoms with Crippen molar-refractivity contribution in [2.45, 2.75) is 18.9 Å². The fraction of sp³-hybridized carbons (Fsp3) is 0.316. The number of rotatable bonds is 3. The molecule has 0 saturated carbocycles. The van der Waals surface area contributed by atoms with Crippen molar-refractivity contribution >= 4 is 11.4 Å². The van der Waals surface area contributed by atoms with Gasteiger partial charge in [0.2, 0.25) is 0 Å². The lowest BCUT2D eigenvalue weighted by molar-refractivity contribution is -0.384. The Morgan fingerprint density at radius 1 is 1.15 bits per heavy atom. The molecule has 0 unspecified atom stereocenters. The quantitative estimate of drug-likeness (QED) is 0.620. The highest BCUT2D eigenvalue weighted by Crippen LogP contribution is 2.42. The minimum Gasteiger partial charge on any atom is -0.486 e. The van der Waals surface area contributed by atoms with E-state index < -0.39 is 4.92 Å². The first kappa shape index (κ1) is 16.2. The molecule has 0 spiro atoms. The summed E-state index contributed by atoms with van der Waals surface area (Å²) < 4.78 is 11.2. The minimum absolute atomic E-state index is 0.0254.